The fourth-order valence-corrected chi connectivity index (χ4v) is 0.539. The Morgan fingerprint density at radius 1 is 1.45 bits per heavy atom. The van der Waals surface area contributed by atoms with Gasteiger partial charge in [-0.15, -0.1) is 5.73 Å². The minimum Gasteiger partial charge on any atom is -0.125 e. The molecule has 0 bridgehead atoms. The van der Waals surface area contributed by atoms with Crippen molar-refractivity contribution in [3.63, 3.8) is 0 Å². The van der Waals surface area contributed by atoms with E-state index in [-0.39, 0.29) is 0 Å². The van der Waals surface area contributed by atoms with Crippen molar-refractivity contribution in [1.29, 1.82) is 0 Å². The smallest absolute Gasteiger partial charge is 0.00655 e. The lowest BCUT2D eigenvalue weighted by molar-refractivity contribution is 1.20. The Morgan fingerprint density at radius 2 is 2.09 bits per heavy atom. The second kappa shape index (κ2) is 5.76. The maximum absolute atomic E-state index is 3.74. The van der Waals surface area contributed by atoms with Crippen molar-refractivity contribution in [2.75, 3.05) is 0 Å². The van der Waals surface area contributed by atoms with Crippen LogP contribution in [0.1, 0.15) is 27.2 Å². The predicted octanol–water partition coefficient (Wildman–Crippen LogP) is 3.63. The molecule has 0 aliphatic carbocycles. The van der Waals surface area contributed by atoms with E-state index < -0.39 is 0 Å². The third-order valence-electron chi connectivity index (χ3n) is 1.36. The van der Waals surface area contributed by atoms with Gasteiger partial charge < -0.3 is 0 Å². The van der Waals surface area contributed by atoms with E-state index in [1.165, 1.54) is 5.57 Å². The van der Waals surface area contributed by atoms with Crippen LogP contribution in [0.25, 0.3) is 0 Å². The monoisotopic (exact) mass is 148 g/mol. The third-order valence-corrected chi connectivity index (χ3v) is 1.36. The summed E-state index contributed by atoms with van der Waals surface area (Å²) in [5.41, 5.74) is 5.47. The molecule has 0 atom stereocenters. The standard InChI is InChI=1S/C11H16/c1-5-11(4)9-7-6-8-10(2)3/h5,7-8H,2,9H2,1,3-4H3. The summed E-state index contributed by atoms with van der Waals surface area (Å²) in [5, 5.41) is 0. The highest BCUT2D eigenvalue weighted by atomic mass is 13.8. The summed E-state index contributed by atoms with van der Waals surface area (Å²) in [4.78, 5) is 0. The summed E-state index contributed by atoms with van der Waals surface area (Å²) in [6.45, 7) is 9.86. The molecule has 0 N–H and O–H groups in total. The molecule has 0 rings (SSSR count). The number of rotatable bonds is 3. The Balaban J connectivity index is 3.87. The maximum Gasteiger partial charge on any atom is -0.00655 e. The van der Waals surface area contributed by atoms with Crippen LogP contribution in [0.5, 0.6) is 0 Å². The van der Waals surface area contributed by atoms with Gasteiger partial charge in [0.05, 0.1) is 0 Å². The van der Waals surface area contributed by atoms with E-state index in [1.54, 1.807) is 0 Å². The first-order chi connectivity index (χ1) is 5.16. The van der Waals surface area contributed by atoms with Crippen molar-refractivity contribution in [3.05, 3.63) is 41.7 Å². The molecule has 0 radical (unpaired) electrons. The molecule has 11 heavy (non-hydrogen) atoms. The first kappa shape index (κ1) is 10.0. The average molecular weight is 148 g/mol. The van der Waals surface area contributed by atoms with E-state index >= 15 is 0 Å². The molecule has 0 nitrogen and oxygen atoms in total. The van der Waals surface area contributed by atoms with Gasteiger partial charge in [0.25, 0.3) is 0 Å². The van der Waals surface area contributed by atoms with Crippen LogP contribution in [0, 0.1) is 0 Å². The average Bonchev–Trinajstić information content (AvgIpc) is 1.97. The van der Waals surface area contributed by atoms with Crippen LogP contribution in [0.15, 0.2) is 41.7 Å². The molecule has 0 saturated carbocycles. The molecule has 0 heterocycles. The van der Waals surface area contributed by atoms with Gasteiger partial charge in [-0.3, -0.25) is 0 Å². The fraction of sp³-hybridized carbons (Fsp3) is 0.364. The summed E-state index contributed by atoms with van der Waals surface area (Å²) in [6, 6.07) is 0. The Hall–Kier alpha value is -1.00. The van der Waals surface area contributed by atoms with Crippen LogP contribution in [0.4, 0.5) is 0 Å². The molecule has 0 heteroatoms. The minimum absolute atomic E-state index is 0.986. The van der Waals surface area contributed by atoms with Crippen LogP contribution in [-0.4, -0.2) is 0 Å². The largest absolute Gasteiger partial charge is 0.125 e. The van der Waals surface area contributed by atoms with Crippen molar-refractivity contribution in [2.45, 2.75) is 27.2 Å². The molecule has 0 saturated heterocycles. The van der Waals surface area contributed by atoms with Crippen LogP contribution >= 0.6 is 0 Å². The SMILES string of the molecule is C=C(C)C=C=CCC(C)=CC. The summed E-state index contributed by atoms with van der Waals surface area (Å²) in [7, 11) is 0. The molecule has 60 valence electrons. The van der Waals surface area contributed by atoms with Crippen LogP contribution in [0.3, 0.4) is 0 Å². The van der Waals surface area contributed by atoms with Crippen LogP contribution in [0.2, 0.25) is 0 Å². The second-order valence-electron chi connectivity index (χ2n) is 2.70. The van der Waals surface area contributed by atoms with Crippen molar-refractivity contribution >= 4 is 0 Å². The van der Waals surface area contributed by atoms with Crippen LogP contribution in [-0.2, 0) is 0 Å². The van der Waals surface area contributed by atoms with Gasteiger partial charge in [-0.1, -0.05) is 23.8 Å². The Labute approximate surface area is 69.6 Å². The summed E-state index contributed by atoms with van der Waals surface area (Å²) in [5.74, 6) is 0. The summed E-state index contributed by atoms with van der Waals surface area (Å²) >= 11 is 0. The van der Waals surface area contributed by atoms with Gasteiger partial charge in [-0.2, -0.15) is 0 Å². The van der Waals surface area contributed by atoms with Gasteiger partial charge in [0.1, 0.15) is 0 Å². The van der Waals surface area contributed by atoms with Crippen LogP contribution < -0.4 is 0 Å². The minimum atomic E-state index is 0.986. The van der Waals surface area contributed by atoms with E-state index in [1.807, 2.05) is 26.0 Å². The van der Waals surface area contributed by atoms with Crippen molar-refractivity contribution in [3.8, 4) is 0 Å². The molecule has 0 aromatic rings. The van der Waals surface area contributed by atoms with Gasteiger partial charge in [0.2, 0.25) is 0 Å². The highest BCUT2D eigenvalue weighted by Gasteiger charge is 1.78. The fourth-order valence-electron chi connectivity index (χ4n) is 0.539. The maximum atomic E-state index is 3.74. The highest BCUT2D eigenvalue weighted by Crippen LogP contribution is 1.98. The number of allylic oxidation sites excluding steroid dienone is 4. The molecule has 0 unspecified atom stereocenters. The second-order valence-corrected chi connectivity index (χ2v) is 2.70. The lowest BCUT2D eigenvalue weighted by Gasteiger charge is -1.88. The van der Waals surface area contributed by atoms with E-state index in [0.29, 0.717) is 0 Å². The zero-order chi connectivity index (χ0) is 8.69. The number of hydrogen-bond donors (Lipinski definition) is 0. The van der Waals surface area contributed by atoms with Gasteiger partial charge in [-0.05, 0) is 39.3 Å². The Morgan fingerprint density at radius 3 is 2.55 bits per heavy atom. The van der Waals surface area contributed by atoms with Crippen molar-refractivity contribution in [2.24, 2.45) is 0 Å². The Bertz CT molecular complexity index is 210. The van der Waals surface area contributed by atoms with Crippen molar-refractivity contribution in [1.82, 2.24) is 0 Å². The molecular weight excluding hydrogens is 132 g/mol. The van der Waals surface area contributed by atoms with Gasteiger partial charge in [0, 0.05) is 0 Å². The molecule has 0 aromatic heterocycles. The lowest BCUT2D eigenvalue weighted by Crippen LogP contribution is -1.68. The first-order valence-electron chi connectivity index (χ1n) is 3.85. The quantitative estimate of drug-likeness (QED) is 0.326. The molecule has 0 amide bonds. The lowest BCUT2D eigenvalue weighted by atomic mass is 10.2. The summed E-state index contributed by atoms with van der Waals surface area (Å²) in [6.07, 6.45) is 7.01. The predicted molar refractivity (Wildman–Crippen MR) is 51.5 cm³/mol. The highest BCUT2D eigenvalue weighted by molar-refractivity contribution is 5.12. The molecule has 0 aliphatic heterocycles. The van der Waals surface area contributed by atoms with Crippen molar-refractivity contribution < 1.29 is 0 Å². The van der Waals surface area contributed by atoms with Gasteiger partial charge in [-0.25, -0.2) is 0 Å². The third kappa shape index (κ3) is 6.89. The van der Waals surface area contributed by atoms with E-state index in [9.17, 15) is 0 Å². The topological polar surface area (TPSA) is 0 Å². The van der Waals surface area contributed by atoms with Gasteiger partial charge >= 0.3 is 0 Å². The first-order valence-corrected chi connectivity index (χ1v) is 3.85. The van der Waals surface area contributed by atoms with E-state index in [2.05, 4.69) is 25.3 Å². The molecule has 0 aromatic carbocycles. The van der Waals surface area contributed by atoms with E-state index in [0.717, 1.165) is 12.0 Å². The zero-order valence-corrected chi connectivity index (χ0v) is 7.65. The molecule has 0 spiro atoms. The normalized spacial score (nSPS) is 10.3. The zero-order valence-electron chi connectivity index (χ0n) is 7.65. The molecular formula is C11H16. The van der Waals surface area contributed by atoms with Gasteiger partial charge in [0.15, 0.2) is 0 Å². The number of hydrogen-bond acceptors (Lipinski definition) is 0. The molecule has 0 fully saturated rings. The molecule has 0 aliphatic rings. The summed E-state index contributed by atoms with van der Waals surface area (Å²) < 4.78 is 0. The Kier molecular flexibility index (Phi) is 5.24. The van der Waals surface area contributed by atoms with E-state index in [4.69, 9.17) is 0 Å².